The van der Waals surface area contributed by atoms with Crippen molar-refractivity contribution in [3.63, 3.8) is 0 Å². The summed E-state index contributed by atoms with van der Waals surface area (Å²) in [6, 6.07) is 1.14. The molecule has 0 bridgehead atoms. The van der Waals surface area contributed by atoms with Gasteiger partial charge >= 0.3 is 12.4 Å². The summed E-state index contributed by atoms with van der Waals surface area (Å²) in [7, 11) is 1.06. The third-order valence-corrected chi connectivity index (χ3v) is 2.51. The molecule has 0 atom stereocenters. The Balaban J connectivity index is 3.58. The van der Waals surface area contributed by atoms with E-state index in [-0.39, 0.29) is 5.75 Å². The molecular formula is C9H5BrF6O. The lowest BCUT2D eigenvalue weighted by molar-refractivity contribution is -0.162. The molecule has 0 aliphatic rings. The van der Waals surface area contributed by atoms with E-state index in [0.717, 1.165) is 13.2 Å². The second-order valence-electron chi connectivity index (χ2n) is 3.03. The lowest BCUT2D eigenvalue weighted by Gasteiger charge is -2.18. The second kappa shape index (κ2) is 4.40. The van der Waals surface area contributed by atoms with Crippen molar-refractivity contribution in [3.8, 4) is 5.75 Å². The van der Waals surface area contributed by atoms with E-state index in [1.54, 1.807) is 0 Å². The van der Waals surface area contributed by atoms with Gasteiger partial charge in [0.2, 0.25) is 0 Å². The minimum Gasteiger partial charge on any atom is -0.497 e. The van der Waals surface area contributed by atoms with Crippen LogP contribution in [0.3, 0.4) is 0 Å². The van der Waals surface area contributed by atoms with Crippen molar-refractivity contribution in [2.45, 2.75) is 12.4 Å². The molecule has 0 saturated carbocycles. The number of hydrogen-bond acceptors (Lipinski definition) is 1. The first-order chi connectivity index (χ1) is 7.57. The van der Waals surface area contributed by atoms with Gasteiger partial charge in [-0.05, 0) is 12.1 Å². The molecule has 96 valence electrons. The lowest BCUT2D eigenvalue weighted by atomic mass is 10.1. The van der Waals surface area contributed by atoms with Crippen molar-refractivity contribution in [1.29, 1.82) is 0 Å². The van der Waals surface area contributed by atoms with E-state index in [1.807, 2.05) is 0 Å². The molecule has 0 fully saturated rings. The van der Waals surface area contributed by atoms with Crippen LogP contribution in [-0.4, -0.2) is 7.11 Å². The Hall–Kier alpha value is -0.920. The summed E-state index contributed by atoms with van der Waals surface area (Å²) in [6.07, 6.45) is -10.2. The van der Waals surface area contributed by atoms with E-state index < -0.39 is 28.0 Å². The van der Waals surface area contributed by atoms with Crippen molar-refractivity contribution in [2.75, 3.05) is 7.11 Å². The van der Waals surface area contributed by atoms with Gasteiger partial charge in [-0.25, -0.2) is 0 Å². The summed E-state index contributed by atoms with van der Waals surface area (Å²) in [5.74, 6) is -0.308. The van der Waals surface area contributed by atoms with E-state index in [9.17, 15) is 26.3 Å². The predicted octanol–water partition coefficient (Wildman–Crippen LogP) is 4.50. The fraction of sp³-hybridized carbons (Fsp3) is 0.333. The van der Waals surface area contributed by atoms with Crippen LogP contribution in [0.1, 0.15) is 11.1 Å². The largest absolute Gasteiger partial charge is 0.497 e. The zero-order valence-electron chi connectivity index (χ0n) is 8.21. The van der Waals surface area contributed by atoms with Crippen LogP contribution in [0.5, 0.6) is 5.75 Å². The van der Waals surface area contributed by atoms with E-state index in [0.29, 0.717) is 6.07 Å². The zero-order chi connectivity index (χ0) is 13.4. The topological polar surface area (TPSA) is 9.23 Å². The molecule has 17 heavy (non-hydrogen) atoms. The predicted molar refractivity (Wildman–Crippen MR) is 50.7 cm³/mol. The molecule has 0 spiro atoms. The molecule has 0 saturated heterocycles. The SMILES string of the molecule is COc1cc(Br)c(C(F)(F)F)c(C(F)(F)F)c1. The van der Waals surface area contributed by atoms with Crippen LogP contribution < -0.4 is 4.74 Å². The van der Waals surface area contributed by atoms with E-state index >= 15 is 0 Å². The monoisotopic (exact) mass is 322 g/mol. The Kier molecular flexibility index (Phi) is 3.66. The Bertz CT molecular complexity index is 423. The molecule has 1 rings (SSSR count). The number of halogens is 7. The molecule has 8 heteroatoms. The third-order valence-electron chi connectivity index (χ3n) is 1.89. The van der Waals surface area contributed by atoms with Gasteiger partial charge in [0.15, 0.2) is 0 Å². The van der Waals surface area contributed by atoms with Crippen LogP contribution >= 0.6 is 15.9 Å². The minimum absolute atomic E-state index is 0.308. The Morgan fingerprint density at radius 2 is 1.53 bits per heavy atom. The Labute approximate surface area is 101 Å². The van der Waals surface area contributed by atoms with Crippen LogP contribution in [0.4, 0.5) is 26.3 Å². The number of rotatable bonds is 1. The zero-order valence-corrected chi connectivity index (χ0v) is 9.79. The van der Waals surface area contributed by atoms with Gasteiger partial charge in [0.05, 0.1) is 18.2 Å². The van der Waals surface area contributed by atoms with Crippen LogP contribution in [0.15, 0.2) is 16.6 Å². The molecule has 0 amide bonds. The highest BCUT2D eigenvalue weighted by molar-refractivity contribution is 9.10. The standard InChI is InChI=1S/C9H5BrF6O/c1-17-4-2-5(8(11,12)13)7(6(10)3-4)9(14,15)16/h2-3H,1H3. The number of alkyl halides is 6. The highest BCUT2D eigenvalue weighted by Gasteiger charge is 2.45. The van der Waals surface area contributed by atoms with E-state index in [4.69, 9.17) is 0 Å². The quantitative estimate of drug-likeness (QED) is 0.692. The van der Waals surface area contributed by atoms with Crippen molar-refractivity contribution >= 4 is 15.9 Å². The van der Waals surface area contributed by atoms with Crippen molar-refractivity contribution in [1.82, 2.24) is 0 Å². The molecule has 0 radical (unpaired) electrons. The maximum Gasteiger partial charge on any atom is 0.418 e. The average Bonchev–Trinajstić information content (AvgIpc) is 2.12. The molecule has 0 aromatic heterocycles. The Morgan fingerprint density at radius 1 is 1.00 bits per heavy atom. The van der Waals surface area contributed by atoms with Gasteiger partial charge in [-0.15, -0.1) is 0 Å². The van der Waals surface area contributed by atoms with Gasteiger partial charge in [0.25, 0.3) is 0 Å². The molecule has 1 aromatic carbocycles. The van der Waals surface area contributed by atoms with Gasteiger partial charge in [0.1, 0.15) is 5.75 Å². The summed E-state index contributed by atoms with van der Waals surface area (Å²) >= 11 is 2.47. The number of hydrogen-bond donors (Lipinski definition) is 0. The van der Waals surface area contributed by atoms with Crippen molar-refractivity contribution in [3.05, 3.63) is 27.7 Å². The molecular weight excluding hydrogens is 318 g/mol. The summed E-state index contributed by atoms with van der Waals surface area (Å²) in [5, 5.41) is 0. The minimum atomic E-state index is -5.11. The molecule has 0 unspecified atom stereocenters. The van der Waals surface area contributed by atoms with Crippen LogP contribution in [0.25, 0.3) is 0 Å². The van der Waals surface area contributed by atoms with Gasteiger partial charge in [-0.1, -0.05) is 15.9 Å². The van der Waals surface area contributed by atoms with Crippen molar-refractivity contribution in [2.24, 2.45) is 0 Å². The third kappa shape index (κ3) is 3.05. The molecule has 0 N–H and O–H groups in total. The normalized spacial score (nSPS) is 12.7. The first kappa shape index (κ1) is 14.1. The highest BCUT2D eigenvalue weighted by atomic mass is 79.9. The average molecular weight is 323 g/mol. The fourth-order valence-corrected chi connectivity index (χ4v) is 1.88. The highest BCUT2D eigenvalue weighted by Crippen LogP contribution is 2.45. The van der Waals surface area contributed by atoms with Crippen LogP contribution in [-0.2, 0) is 12.4 Å². The van der Waals surface area contributed by atoms with Gasteiger partial charge in [0, 0.05) is 4.47 Å². The first-order valence-electron chi connectivity index (χ1n) is 4.09. The molecule has 0 aliphatic carbocycles. The Morgan fingerprint density at radius 3 is 1.88 bits per heavy atom. The molecule has 1 aromatic rings. The van der Waals surface area contributed by atoms with E-state index in [2.05, 4.69) is 20.7 Å². The molecule has 1 nitrogen and oxygen atoms in total. The van der Waals surface area contributed by atoms with Crippen molar-refractivity contribution < 1.29 is 31.1 Å². The van der Waals surface area contributed by atoms with Gasteiger partial charge < -0.3 is 4.74 Å². The maximum absolute atomic E-state index is 12.5. The van der Waals surface area contributed by atoms with Gasteiger partial charge in [-0.2, -0.15) is 26.3 Å². The smallest absolute Gasteiger partial charge is 0.418 e. The second-order valence-corrected chi connectivity index (χ2v) is 3.88. The fourth-order valence-electron chi connectivity index (χ4n) is 1.21. The van der Waals surface area contributed by atoms with Gasteiger partial charge in [-0.3, -0.25) is 0 Å². The van der Waals surface area contributed by atoms with Crippen LogP contribution in [0.2, 0.25) is 0 Å². The summed E-state index contributed by atoms with van der Waals surface area (Å²) in [5.41, 5.74) is -3.54. The number of ether oxygens (including phenoxy) is 1. The number of methoxy groups -OCH3 is 1. The first-order valence-corrected chi connectivity index (χ1v) is 4.88. The summed E-state index contributed by atoms with van der Waals surface area (Å²) in [6.45, 7) is 0. The summed E-state index contributed by atoms with van der Waals surface area (Å²) < 4.78 is 78.8. The maximum atomic E-state index is 12.5. The lowest BCUT2D eigenvalue weighted by Crippen LogP contribution is -2.17. The van der Waals surface area contributed by atoms with E-state index in [1.165, 1.54) is 0 Å². The number of benzene rings is 1. The summed E-state index contributed by atoms with van der Waals surface area (Å²) in [4.78, 5) is 0. The molecule has 0 heterocycles. The molecule has 0 aliphatic heterocycles. The van der Waals surface area contributed by atoms with Crippen LogP contribution in [0, 0.1) is 0 Å².